The lowest BCUT2D eigenvalue weighted by Crippen LogP contribution is -2.14. The van der Waals surface area contributed by atoms with Gasteiger partial charge in [0.25, 0.3) is 0 Å². The molecular weight excluding hydrogens is 278 g/mol. The highest BCUT2D eigenvalue weighted by Gasteiger charge is 1.96. The minimum absolute atomic E-state index is 0. The molecule has 116 valence electrons. The van der Waals surface area contributed by atoms with Crippen LogP contribution in [-0.4, -0.2) is 70.5 Å². The molecule has 3 N–H and O–H groups in total. The Balaban J connectivity index is 0. The number of carboxylic acid groups (broad SMARTS) is 1. The van der Waals surface area contributed by atoms with Crippen LogP contribution in [0.3, 0.4) is 0 Å². The van der Waals surface area contributed by atoms with Gasteiger partial charge in [0.05, 0.1) is 59.3 Å². The number of ether oxygens (including phenoxy) is 4. The fourth-order valence-corrected chi connectivity index (χ4v) is 1.00. The van der Waals surface area contributed by atoms with Crippen LogP contribution in [0.5, 0.6) is 0 Å². The second-order valence-electron chi connectivity index (χ2n) is 3.38. The maximum atomic E-state index is 10.2. The Hall–Kier alpha value is -0.440. The Labute approximate surface area is 119 Å². The Morgan fingerprint density at radius 2 is 1.16 bits per heavy atom. The Bertz CT molecular complexity index is 196. The van der Waals surface area contributed by atoms with Gasteiger partial charge >= 0.3 is 5.97 Å². The van der Waals surface area contributed by atoms with Crippen molar-refractivity contribution in [3.05, 3.63) is 0 Å². The standard InChI is InChI=1S/C11H23NO6.ClH/c12-2-4-16-6-8-18-10-9-17-7-5-15-3-1-11(13)14;/h1-10,12H2,(H,13,14);1H. The van der Waals surface area contributed by atoms with Crippen LogP contribution >= 0.6 is 12.4 Å². The van der Waals surface area contributed by atoms with E-state index < -0.39 is 5.97 Å². The van der Waals surface area contributed by atoms with Gasteiger partial charge in [-0.2, -0.15) is 0 Å². The molecule has 0 saturated carbocycles. The van der Waals surface area contributed by atoms with Crippen molar-refractivity contribution < 1.29 is 28.8 Å². The first-order valence-corrected chi connectivity index (χ1v) is 6.00. The Morgan fingerprint density at radius 1 is 0.789 bits per heavy atom. The molecule has 0 aromatic heterocycles. The molecule has 0 unspecified atom stereocenters. The molecule has 0 heterocycles. The van der Waals surface area contributed by atoms with Crippen LogP contribution in [-0.2, 0) is 23.7 Å². The van der Waals surface area contributed by atoms with Crippen LogP contribution in [0.4, 0.5) is 0 Å². The van der Waals surface area contributed by atoms with E-state index in [1.165, 1.54) is 0 Å². The van der Waals surface area contributed by atoms with Gasteiger partial charge in [-0.1, -0.05) is 0 Å². The van der Waals surface area contributed by atoms with Gasteiger partial charge in [-0.3, -0.25) is 4.79 Å². The summed E-state index contributed by atoms with van der Waals surface area (Å²) in [6, 6.07) is 0. The van der Waals surface area contributed by atoms with E-state index in [0.717, 1.165) is 0 Å². The van der Waals surface area contributed by atoms with Crippen molar-refractivity contribution >= 4 is 18.4 Å². The number of carbonyl (C=O) groups is 1. The number of carboxylic acids is 1. The summed E-state index contributed by atoms with van der Waals surface area (Å²) in [5, 5.41) is 8.35. The molecule has 0 aliphatic carbocycles. The average molecular weight is 302 g/mol. The third-order valence-corrected chi connectivity index (χ3v) is 1.84. The molecule has 0 amide bonds. The highest BCUT2D eigenvalue weighted by Crippen LogP contribution is 1.85. The molecule has 0 aliphatic rings. The lowest BCUT2D eigenvalue weighted by molar-refractivity contribution is -0.138. The largest absolute Gasteiger partial charge is 0.481 e. The minimum atomic E-state index is -0.860. The third-order valence-electron chi connectivity index (χ3n) is 1.84. The molecule has 0 bridgehead atoms. The summed E-state index contributed by atoms with van der Waals surface area (Å²) in [6.45, 7) is 4.17. The lowest BCUT2D eigenvalue weighted by Gasteiger charge is -2.06. The second kappa shape index (κ2) is 17.6. The number of hydrogen-bond donors (Lipinski definition) is 2. The molecule has 0 spiro atoms. The van der Waals surface area contributed by atoms with Gasteiger partial charge in [-0.15, -0.1) is 12.4 Å². The summed E-state index contributed by atoms with van der Waals surface area (Å²) in [7, 11) is 0. The maximum absolute atomic E-state index is 10.2. The highest BCUT2D eigenvalue weighted by atomic mass is 35.5. The van der Waals surface area contributed by atoms with E-state index in [1.54, 1.807) is 0 Å². The smallest absolute Gasteiger partial charge is 0.305 e. The summed E-state index contributed by atoms with van der Waals surface area (Å²) in [5.74, 6) is -0.860. The zero-order valence-electron chi connectivity index (χ0n) is 11.0. The maximum Gasteiger partial charge on any atom is 0.305 e. The molecule has 0 radical (unpaired) electrons. The quantitative estimate of drug-likeness (QED) is 0.432. The summed E-state index contributed by atoms with van der Waals surface area (Å²) in [5.41, 5.74) is 5.25. The van der Waals surface area contributed by atoms with E-state index in [9.17, 15) is 4.79 Å². The van der Waals surface area contributed by atoms with E-state index >= 15 is 0 Å². The number of hydrogen-bond acceptors (Lipinski definition) is 6. The van der Waals surface area contributed by atoms with Crippen LogP contribution < -0.4 is 5.73 Å². The first-order chi connectivity index (χ1) is 8.77. The van der Waals surface area contributed by atoms with Gasteiger partial charge in [0.2, 0.25) is 0 Å². The topological polar surface area (TPSA) is 100 Å². The number of nitrogens with two attached hydrogens (primary N) is 1. The van der Waals surface area contributed by atoms with Crippen molar-refractivity contribution in [3.63, 3.8) is 0 Å². The van der Waals surface area contributed by atoms with Crippen molar-refractivity contribution in [2.75, 3.05) is 59.4 Å². The zero-order chi connectivity index (χ0) is 13.5. The van der Waals surface area contributed by atoms with E-state index in [2.05, 4.69) is 0 Å². The van der Waals surface area contributed by atoms with E-state index in [-0.39, 0.29) is 25.4 Å². The summed E-state index contributed by atoms with van der Waals surface area (Å²) in [4.78, 5) is 10.2. The Kier molecular flexibility index (Phi) is 19.3. The number of rotatable bonds is 14. The van der Waals surface area contributed by atoms with Crippen LogP contribution in [0.1, 0.15) is 6.42 Å². The zero-order valence-corrected chi connectivity index (χ0v) is 11.9. The minimum Gasteiger partial charge on any atom is -0.481 e. The monoisotopic (exact) mass is 301 g/mol. The van der Waals surface area contributed by atoms with Gasteiger partial charge in [0, 0.05) is 6.54 Å². The Morgan fingerprint density at radius 3 is 1.53 bits per heavy atom. The normalized spacial score (nSPS) is 10.2. The fraction of sp³-hybridized carbons (Fsp3) is 0.909. The van der Waals surface area contributed by atoms with Crippen molar-refractivity contribution in [2.24, 2.45) is 5.73 Å². The lowest BCUT2D eigenvalue weighted by atomic mass is 10.5. The summed E-state index contributed by atoms with van der Waals surface area (Å²) >= 11 is 0. The fourth-order valence-electron chi connectivity index (χ4n) is 1.00. The molecule has 0 fully saturated rings. The van der Waals surface area contributed by atoms with Gasteiger partial charge in [-0.25, -0.2) is 0 Å². The van der Waals surface area contributed by atoms with E-state index in [1.807, 2.05) is 0 Å². The second-order valence-corrected chi connectivity index (χ2v) is 3.38. The third kappa shape index (κ3) is 20.1. The molecule has 0 aromatic carbocycles. The first-order valence-electron chi connectivity index (χ1n) is 6.00. The number of halogens is 1. The summed E-state index contributed by atoms with van der Waals surface area (Å²) < 4.78 is 20.6. The average Bonchev–Trinajstić information content (AvgIpc) is 2.34. The molecule has 19 heavy (non-hydrogen) atoms. The molecule has 0 aliphatic heterocycles. The van der Waals surface area contributed by atoms with Gasteiger partial charge in [0.1, 0.15) is 0 Å². The van der Waals surface area contributed by atoms with E-state index in [4.69, 9.17) is 29.8 Å². The molecular formula is C11H24ClNO6. The van der Waals surface area contributed by atoms with Crippen LogP contribution in [0.25, 0.3) is 0 Å². The van der Waals surface area contributed by atoms with Crippen LogP contribution in [0.2, 0.25) is 0 Å². The van der Waals surface area contributed by atoms with Crippen molar-refractivity contribution in [1.82, 2.24) is 0 Å². The number of aliphatic carboxylic acids is 1. The molecule has 8 heteroatoms. The van der Waals surface area contributed by atoms with Gasteiger partial charge in [0.15, 0.2) is 0 Å². The molecule has 0 atom stereocenters. The van der Waals surface area contributed by atoms with Crippen molar-refractivity contribution in [1.29, 1.82) is 0 Å². The van der Waals surface area contributed by atoms with Crippen molar-refractivity contribution in [2.45, 2.75) is 6.42 Å². The molecule has 7 nitrogen and oxygen atoms in total. The molecule has 0 saturated heterocycles. The highest BCUT2D eigenvalue weighted by molar-refractivity contribution is 5.85. The van der Waals surface area contributed by atoms with E-state index in [0.29, 0.717) is 52.8 Å². The molecule has 0 rings (SSSR count). The van der Waals surface area contributed by atoms with Gasteiger partial charge in [-0.05, 0) is 0 Å². The van der Waals surface area contributed by atoms with Crippen LogP contribution in [0, 0.1) is 0 Å². The van der Waals surface area contributed by atoms with Gasteiger partial charge < -0.3 is 29.8 Å². The predicted octanol–water partition coefficient (Wildman–Crippen LogP) is -0.0920. The predicted molar refractivity (Wildman–Crippen MR) is 71.8 cm³/mol. The summed E-state index contributed by atoms with van der Waals surface area (Å²) in [6.07, 6.45) is 0.0198. The van der Waals surface area contributed by atoms with Crippen molar-refractivity contribution in [3.8, 4) is 0 Å². The SMILES string of the molecule is Cl.NCCOCCOCCOCCOCCC(=O)O. The first kappa shape index (κ1) is 20.9. The van der Waals surface area contributed by atoms with Crippen LogP contribution in [0.15, 0.2) is 0 Å². The molecule has 0 aromatic rings.